The van der Waals surface area contributed by atoms with Gasteiger partial charge in [-0.2, -0.15) is 0 Å². The minimum Gasteiger partial charge on any atom is -0.149 e. The van der Waals surface area contributed by atoms with E-state index in [1.807, 2.05) is 34.0 Å². The van der Waals surface area contributed by atoms with Crippen LogP contribution < -0.4 is 0 Å². The molecule has 0 radical (unpaired) electrons. The predicted molar refractivity (Wildman–Crippen MR) is 107 cm³/mol. The van der Waals surface area contributed by atoms with Gasteiger partial charge in [0.1, 0.15) is 0 Å². The fourth-order valence-corrected chi connectivity index (χ4v) is 5.98. The Bertz CT molecular complexity index is 709. The minimum atomic E-state index is -0.0900. The first-order valence-corrected chi connectivity index (χ1v) is 10.6. The highest BCUT2D eigenvalue weighted by atomic mass is 32.1. The fourth-order valence-electron chi connectivity index (χ4n) is 3.72. The third-order valence-electron chi connectivity index (χ3n) is 4.62. The topological polar surface area (TPSA) is 0 Å². The van der Waals surface area contributed by atoms with Gasteiger partial charge in [-0.25, -0.2) is 0 Å². The molecule has 0 aromatic carbocycles. The van der Waals surface area contributed by atoms with Crippen LogP contribution in [0.3, 0.4) is 0 Å². The molecule has 0 aliphatic rings. The number of hydrogen-bond acceptors (Lipinski definition) is 3. The van der Waals surface area contributed by atoms with Crippen molar-refractivity contribution in [3.8, 4) is 0 Å². The first kappa shape index (κ1) is 16.9. The van der Waals surface area contributed by atoms with Crippen molar-refractivity contribution in [2.24, 2.45) is 5.41 Å². The predicted octanol–water partition coefficient (Wildman–Crippen LogP) is 7.18. The summed E-state index contributed by atoms with van der Waals surface area (Å²) in [5.41, 5.74) is 4.30. The van der Waals surface area contributed by atoms with Crippen molar-refractivity contribution in [2.45, 2.75) is 47.0 Å². The number of thiophene rings is 3. The third-order valence-corrected chi connectivity index (χ3v) is 7.20. The molecule has 0 bridgehead atoms. The molecule has 0 nitrogen and oxygen atoms in total. The average molecular weight is 361 g/mol. The number of aryl methyl sites for hydroxylation is 3. The molecule has 23 heavy (non-hydrogen) atoms. The molecule has 3 aromatic heterocycles. The second-order valence-corrected chi connectivity index (χ2v) is 10.7. The second-order valence-electron chi connectivity index (χ2n) is 7.34. The zero-order valence-corrected chi connectivity index (χ0v) is 17.1. The molecule has 3 aromatic rings. The normalized spacial score (nSPS) is 12.8. The van der Waals surface area contributed by atoms with Gasteiger partial charge in [-0.05, 0) is 77.2 Å². The molecule has 122 valence electrons. The Kier molecular flexibility index (Phi) is 4.33. The first-order chi connectivity index (χ1) is 10.7. The van der Waals surface area contributed by atoms with Crippen LogP contribution in [0.1, 0.15) is 52.1 Å². The van der Waals surface area contributed by atoms with Crippen LogP contribution in [-0.2, 0) is 5.41 Å². The SMILES string of the molecule is Cc1cc(C(c2csc(C)c2)(c2csc(C)c2)C(C)(C)C)cs1. The summed E-state index contributed by atoms with van der Waals surface area (Å²) in [4.78, 5) is 4.15. The molecule has 0 aliphatic heterocycles. The van der Waals surface area contributed by atoms with Crippen molar-refractivity contribution in [3.63, 3.8) is 0 Å². The smallest absolute Gasteiger partial charge is 0.0524 e. The van der Waals surface area contributed by atoms with Crippen molar-refractivity contribution >= 4 is 34.0 Å². The van der Waals surface area contributed by atoms with Crippen molar-refractivity contribution in [1.82, 2.24) is 0 Å². The highest BCUT2D eigenvalue weighted by Gasteiger charge is 2.47. The lowest BCUT2D eigenvalue weighted by atomic mass is 9.57. The maximum atomic E-state index is 2.38. The van der Waals surface area contributed by atoms with Gasteiger partial charge in [0, 0.05) is 14.6 Å². The Morgan fingerprint density at radius 3 is 1.09 bits per heavy atom. The van der Waals surface area contributed by atoms with Gasteiger partial charge < -0.3 is 0 Å². The zero-order chi connectivity index (χ0) is 16.8. The summed E-state index contributed by atoms with van der Waals surface area (Å²) in [7, 11) is 0. The van der Waals surface area contributed by atoms with E-state index in [2.05, 4.69) is 75.9 Å². The van der Waals surface area contributed by atoms with Crippen LogP contribution in [-0.4, -0.2) is 0 Å². The molecule has 3 heteroatoms. The lowest BCUT2D eigenvalue weighted by Crippen LogP contribution is -2.41. The van der Waals surface area contributed by atoms with Crippen LogP contribution in [0.15, 0.2) is 34.3 Å². The quantitative estimate of drug-likeness (QED) is 0.464. The van der Waals surface area contributed by atoms with E-state index in [4.69, 9.17) is 0 Å². The van der Waals surface area contributed by atoms with Crippen LogP contribution in [0.4, 0.5) is 0 Å². The Morgan fingerprint density at radius 1 is 0.609 bits per heavy atom. The molecule has 0 atom stereocenters. The van der Waals surface area contributed by atoms with Crippen LogP contribution in [0, 0.1) is 26.2 Å². The van der Waals surface area contributed by atoms with E-state index in [0.29, 0.717) is 0 Å². The van der Waals surface area contributed by atoms with E-state index in [-0.39, 0.29) is 10.8 Å². The number of rotatable bonds is 3. The molecule has 0 aliphatic carbocycles. The fraction of sp³-hybridized carbons (Fsp3) is 0.400. The van der Waals surface area contributed by atoms with Gasteiger partial charge in [-0.15, -0.1) is 34.0 Å². The first-order valence-electron chi connectivity index (χ1n) is 7.92. The van der Waals surface area contributed by atoms with Crippen molar-refractivity contribution in [2.75, 3.05) is 0 Å². The Balaban J connectivity index is 2.39. The molecule has 0 amide bonds. The van der Waals surface area contributed by atoms with Crippen LogP contribution in [0.2, 0.25) is 0 Å². The Labute approximate surface area is 151 Å². The van der Waals surface area contributed by atoms with Gasteiger partial charge in [0.15, 0.2) is 0 Å². The summed E-state index contributed by atoms with van der Waals surface area (Å²) in [6.45, 7) is 13.7. The molecule has 0 N–H and O–H groups in total. The molecule has 3 rings (SSSR count). The third kappa shape index (κ3) is 2.73. The van der Waals surface area contributed by atoms with Crippen LogP contribution in [0.5, 0.6) is 0 Å². The summed E-state index contributed by atoms with van der Waals surface area (Å²) in [5.74, 6) is 0. The summed E-state index contributed by atoms with van der Waals surface area (Å²) < 4.78 is 0. The van der Waals surface area contributed by atoms with Gasteiger partial charge >= 0.3 is 0 Å². The van der Waals surface area contributed by atoms with E-state index in [0.717, 1.165) is 0 Å². The van der Waals surface area contributed by atoms with Crippen LogP contribution >= 0.6 is 34.0 Å². The molecule has 0 fully saturated rings. The maximum Gasteiger partial charge on any atom is 0.0524 e. The molecular weight excluding hydrogens is 336 g/mol. The average Bonchev–Trinajstić information content (AvgIpc) is 3.14. The largest absolute Gasteiger partial charge is 0.149 e. The van der Waals surface area contributed by atoms with E-state index < -0.39 is 0 Å². The summed E-state index contributed by atoms with van der Waals surface area (Å²) in [6, 6.07) is 7.15. The molecular formula is C20H24S3. The lowest BCUT2D eigenvalue weighted by molar-refractivity contribution is 0.274. The van der Waals surface area contributed by atoms with Crippen LogP contribution in [0.25, 0.3) is 0 Å². The van der Waals surface area contributed by atoms with Crippen molar-refractivity contribution in [3.05, 3.63) is 65.7 Å². The monoisotopic (exact) mass is 360 g/mol. The standard InChI is InChI=1S/C20H24S3/c1-13-7-16(10-21-13)20(19(4,5)6,17-8-14(2)22-11-17)18-9-15(3)23-12-18/h7-12H,1-6H3. The zero-order valence-electron chi connectivity index (χ0n) is 14.7. The summed E-state index contributed by atoms with van der Waals surface area (Å²) in [5, 5.41) is 7.09. The highest BCUT2D eigenvalue weighted by Crippen LogP contribution is 2.54. The minimum absolute atomic E-state index is 0.0849. The Hall–Kier alpha value is -0.900. The molecule has 0 saturated carbocycles. The Morgan fingerprint density at radius 2 is 0.913 bits per heavy atom. The van der Waals surface area contributed by atoms with Gasteiger partial charge in [-0.1, -0.05) is 20.8 Å². The van der Waals surface area contributed by atoms with Gasteiger partial charge in [0.05, 0.1) is 5.41 Å². The molecule has 3 heterocycles. The second kappa shape index (κ2) is 5.87. The maximum absolute atomic E-state index is 2.38. The van der Waals surface area contributed by atoms with E-state index in [1.165, 1.54) is 31.3 Å². The van der Waals surface area contributed by atoms with Gasteiger partial charge in [0.25, 0.3) is 0 Å². The van der Waals surface area contributed by atoms with Gasteiger partial charge in [-0.3, -0.25) is 0 Å². The molecule has 0 unspecified atom stereocenters. The summed E-state index contributed by atoms with van der Waals surface area (Å²) in [6.07, 6.45) is 0. The van der Waals surface area contributed by atoms with Crippen molar-refractivity contribution < 1.29 is 0 Å². The van der Waals surface area contributed by atoms with Crippen molar-refractivity contribution in [1.29, 1.82) is 0 Å². The lowest BCUT2D eigenvalue weighted by Gasteiger charge is -2.45. The van der Waals surface area contributed by atoms with E-state index in [9.17, 15) is 0 Å². The molecule has 0 saturated heterocycles. The van der Waals surface area contributed by atoms with Gasteiger partial charge in [0.2, 0.25) is 0 Å². The highest BCUT2D eigenvalue weighted by molar-refractivity contribution is 7.10. The van der Waals surface area contributed by atoms with E-state index in [1.54, 1.807) is 0 Å². The molecule has 0 spiro atoms. The van der Waals surface area contributed by atoms with E-state index >= 15 is 0 Å². The summed E-state index contributed by atoms with van der Waals surface area (Å²) >= 11 is 5.57. The number of hydrogen-bond donors (Lipinski definition) is 0.